The zero-order valence-corrected chi connectivity index (χ0v) is 30.2. The summed E-state index contributed by atoms with van der Waals surface area (Å²) in [6.07, 6.45) is 23.7. The molecule has 0 aliphatic carbocycles. The van der Waals surface area contributed by atoms with Gasteiger partial charge in [0.2, 0.25) is 0 Å². The first kappa shape index (κ1) is 33.0. The molecule has 0 bridgehead atoms. The van der Waals surface area contributed by atoms with E-state index >= 15 is 0 Å². The Balaban J connectivity index is 1.24. The van der Waals surface area contributed by atoms with E-state index in [4.69, 9.17) is 14.7 Å². The smallest absolute Gasteiger partial charge is 0.159 e. The lowest BCUT2D eigenvalue weighted by Gasteiger charge is -2.34. The number of nitrogens with zero attached hydrogens (tertiary/aromatic N) is 3. The first-order valence-corrected chi connectivity index (χ1v) is 18.3. The van der Waals surface area contributed by atoms with Crippen molar-refractivity contribution in [2.24, 2.45) is 9.98 Å². The fourth-order valence-electron chi connectivity index (χ4n) is 7.55. The fourth-order valence-corrected chi connectivity index (χ4v) is 7.55. The predicted molar refractivity (Wildman–Crippen MR) is 227 cm³/mol. The standard InChI is InChI=1S/C48H39N5O/c1-48(2)39-28-38-36-22-12-14-24-43(36)53(44(38)31-46(39)54-45-29-37-35-21-11-13-23-41(35)52-42(37)30-40(45)48)34-20-10-7-16-26-49-25-15-4-3-5-17-27-50-47(51-32-34)33-18-8-6-9-19-33/h3-25,27-32,49,52H,26H2,1-2H3/b4-3-,16-7+,17-5+,20-10-,25-15-,34-32+,50-27+,51-47-. The van der Waals surface area contributed by atoms with Gasteiger partial charge in [0, 0.05) is 73.5 Å². The number of H-pyrrole nitrogens is 1. The Kier molecular flexibility index (Phi) is 8.48. The molecule has 6 heteroatoms. The number of aromatic amines is 1. The molecule has 0 amide bonds. The van der Waals surface area contributed by atoms with E-state index in [9.17, 15) is 0 Å². The number of nitrogens with one attached hydrogen (secondary N) is 2. The predicted octanol–water partition coefficient (Wildman–Crippen LogP) is 11.5. The summed E-state index contributed by atoms with van der Waals surface area (Å²) in [6.45, 7) is 5.30. The summed E-state index contributed by atoms with van der Waals surface area (Å²) in [6, 6.07) is 36.1. The molecule has 0 atom stereocenters. The van der Waals surface area contributed by atoms with Crippen LogP contribution in [0.1, 0.15) is 30.5 Å². The molecule has 0 saturated heterocycles. The maximum absolute atomic E-state index is 6.89. The van der Waals surface area contributed by atoms with Gasteiger partial charge in [-0.1, -0.05) is 117 Å². The third-order valence-corrected chi connectivity index (χ3v) is 10.2. The van der Waals surface area contributed by atoms with Crippen LogP contribution < -0.4 is 10.1 Å². The lowest BCUT2D eigenvalue weighted by atomic mass is 9.75. The van der Waals surface area contributed by atoms with Gasteiger partial charge in [0.25, 0.3) is 0 Å². The number of fused-ring (bicyclic) bond motifs is 8. The molecule has 7 aromatic rings. The minimum Gasteiger partial charge on any atom is -0.457 e. The third kappa shape index (κ3) is 5.97. The van der Waals surface area contributed by atoms with Crippen LogP contribution in [-0.2, 0) is 5.41 Å². The number of aliphatic imine (C=N–C) groups is 2. The average Bonchev–Trinajstić information content (AvgIpc) is 3.72. The Labute approximate surface area is 314 Å². The number of hydrogen-bond acceptors (Lipinski definition) is 4. The van der Waals surface area contributed by atoms with Crippen LogP contribution >= 0.6 is 0 Å². The largest absolute Gasteiger partial charge is 0.457 e. The van der Waals surface area contributed by atoms with Gasteiger partial charge in [-0.25, -0.2) is 9.98 Å². The maximum atomic E-state index is 6.89. The van der Waals surface area contributed by atoms with E-state index in [1.54, 1.807) is 6.21 Å². The minimum atomic E-state index is -0.310. The van der Waals surface area contributed by atoms with Crippen molar-refractivity contribution >= 4 is 61.4 Å². The molecular weight excluding hydrogens is 663 g/mol. The van der Waals surface area contributed by atoms with Gasteiger partial charge in [0.05, 0.1) is 22.9 Å². The Morgan fingerprint density at radius 3 is 2.31 bits per heavy atom. The Bertz CT molecular complexity index is 2820. The maximum Gasteiger partial charge on any atom is 0.159 e. The number of allylic oxidation sites excluding steroid dienone is 9. The fraction of sp³-hybridized carbons (Fsp3) is 0.0833. The highest BCUT2D eigenvalue weighted by molar-refractivity contribution is 6.12. The number of hydrogen-bond donors (Lipinski definition) is 2. The zero-order chi connectivity index (χ0) is 36.5. The minimum absolute atomic E-state index is 0.310. The molecule has 5 aromatic carbocycles. The molecule has 262 valence electrons. The second-order valence-corrected chi connectivity index (χ2v) is 14.0. The molecule has 0 saturated carbocycles. The first-order valence-electron chi connectivity index (χ1n) is 18.3. The van der Waals surface area contributed by atoms with Crippen LogP contribution in [-0.4, -0.2) is 28.1 Å². The number of amidine groups is 1. The van der Waals surface area contributed by atoms with Crippen molar-refractivity contribution in [1.29, 1.82) is 0 Å². The van der Waals surface area contributed by atoms with Gasteiger partial charge in [0.1, 0.15) is 11.5 Å². The van der Waals surface area contributed by atoms with E-state index in [-0.39, 0.29) is 5.41 Å². The van der Waals surface area contributed by atoms with E-state index in [0.717, 1.165) is 72.1 Å². The number of ether oxygens (including phenoxy) is 1. The third-order valence-electron chi connectivity index (χ3n) is 10.2. The Morgan fingerprint density at radius 1 is 0.648 bits per heavy atom. The van der Waals surface area contributed by atoms with Gasteiger partial charge in [0.15, 0.2) is 5.84 Å². The van der Waals surface area contributed by atoms with Crippen LogP contribution in [0.4, 0.5) is 0 Å². The molecule has 2 aliphatic rings. The molecule has 0 spiro atoms. The highest BCUT2D eigenvalue weighted by Gasteiger charge is 2.36. The Morgan fingerprint density at radius 2 is 1.41 bits per heavy atom. The van der Waals surface area contributed by atoms with Gasteiger partial charge < -0.3 is 19.6 Å². The summed E-state index contributed by atoms with van der Waals surface area (Å²) in [7, 11) is 0. The van der Waals surface area contributed by atoms with Gasteiger partial charge in [-0.3, -0.25) is 0 Å². The molecular formula is C48H39N5O. The normalized spacial score (nSPS) is 21.2. The van der Waals surface area contributed by atoms with Gasteiger partial charge in [-0.15, -0.1) is 0 Å². The van der Waals surface area contributed by atoms with Crippen molar-refractivity contribution in [2.75, 3.05) is 6.54 Å². The van der Waals surface area contributed by atoms with Crippen LogP contribution in [0.15, 0.2) is 180 Å². The number of rotatable bonds is 2. The SMILES string of the molecule is CC1(C)c2cc3[nH]c4ccccc4c3cc2Oc2cc3c(cc21)c1ccccc1n3C1=C/N=C(c2ccccc2)\N=C\C=C\C=C/C=C\NC/C=C/C=C\1. The van der Waals surface area contributed by atoms with Crippen LogP contribution in [0.3, 0.4) is 0 Å². The van der Waals surface area contributed by atoms with E-state index in [1.807, 2.05) is 73.1 Å². The van der Waals surface area contributed by atoms with E-state index in [1.165, 1.54) is 5.39 Å². The summed E-state index contributed by atoms with van der Waals surface area (Å²) in [4.78, 5) is 13.5. The second-order valence-electron chi connectivity index (χ2n) is 14.0. The molecule has 4 heterocycles. The van der Waals surface area contributed by atoms with Crippen molar-refractivity contribution < 1.29 is 4.74 Å². The number of aromatic nitrogens is 2. The molecule has 6 nitrogen and oxygen atoms in total. The lowest BCUT2D eigenvalue weighted by molar-refractivity contribution is 0.420. The summed E-state index contributed by atoms with van der Waals surface area (Å²) >= 11 is 0. The highest BCUT2D eigenvalue weighted by atomic mass is 16.5. The Hall–Kier alpha value is -6.92. The molecule has 54 heavy (non-hydrogen) atoms. The average molecular weight is 702 g/mol. The summed E-state index contributed by atoms with van der Waals surface area (Å²) in [5.41, 5.74) is 8.17. The van der Waals surface area contributed by atoms with Gasteiger partial charge in [-0.05, 0) is 54.8 Å². The number of benzene rings is 5. The van der Waals surface area contributed by atoms with Gasteiger partial charge >= 0.3 is 0 Å². The first-order chi connectivity index (χ1) is 26.6. The summed E-state index contributed by atoms with van der Waals surface area (Å²) in [5.74, 6) is 2.35. The molecule has 2 N–H and O–H groups in total. The van der Waals surface area contributed by atoms with E-state index < -0.39 is 0 Å². The lowest BCUT2D eigenvalue weighted by Crippen LogP contribution is -2.24. The van der Waals surface area contributed by atoms with Crippen LogP contribution in [0.5, 0.6) is 11.5 Å². The van der Waals surface area contributed by atoms with Crippen molar-refractivity contribution in [3.63, 3.8) is 0 Å². The monoisotopic (exact) mass is 701 g/mol. The van der Waals surface area contributed by atoms with E-state index in [0.29, 0.717) is 12.4 Å². The number of para-hydroxylation sites is 2. The van der Waals surface area contributed by atoms with Crippen molar-refractivity contribution in [2.45, 2.75) is 19.3 Å². The second kappa shape index (κ2) is 13.9. The topological polar surface area (TPSA) is 66.7 Å². The van der Waals surface area contributed by atoms with Crippen LogP contribution in [0, 0.1) is 0 Å². The van der Waals surface area contributed by atoms with E-state index in [2.05, 4.69) is 126 Å². The molecule has 0 fully saturated rings. The molecule has 0 unspecified atom stereocenters. The molecule has 2 aliphatic heterocycles. The van der Waals surface area contributed by atoms with Crippen molar-refractivity contribution in [1.82, 2.24) is 14.9 Å². The summed E-state index contributed by atoms with van der Waals surface area (Å²) < 4.78 is 9.17. The zero-order valence-electron chi connectivity index (χ0n) is 30.2. The molecule has 2 aromatic heterocycles. The molecule has 9 rings (SSSR count). The quantitative estimate of drug-likeness (QED) is 0.188. The summed E-state index contributed by atoms with van der Waals surface area (Å²) in [5, 5.41) is 7.96. The van der Waals surface area contributed by atoms with Gasteiger partial charge in [-0.2, -0.15) is 0 Å². The van der Waals surface area contributed by atoms with Crippen molar-refractivity contribution in [3.05, 3.63) is 187 Å². The van der Waals surface area contributed by atoms with Crippen LogP contribution in [0.25, 0.3) is 49.3 Å². The highest BCUT2D eigenvalue weighted by Crippen LogP contribution is 2.51. The van der Waals surface area contributed by atoms with Crippen molar-refractivity contribution in [3.8, 4) is 11.5 Å². The van der Waals surface area contributed by atoms with Crippen LogP contribution in [0.2, 0.25) is 0 Å². The molecule has 0 radical (unpaired) electrons.